The maximum Gasteiger partial charge on any atom is 0.193 e. The molecule has 0 amide bonds. The molecule has 1 aromatic heterocycles. The molecule has 0 bridgehead atoms. The first-order chi connectivity index (χ1) is 12.7. The average Bonchev–Trinajstić information content (AvgIpc) is 3.31. The molecule has 6 nitrogen and oxygen atoms in total. The van der Waals surface area contributed by atoms with Gasteiger partial charge in [-0.2, -0.15) is 0 Å². The summed E-state index contributed by atoms with van der Waals surface area (Å²) in [6.45, 7) is 14.4. The van der Waals surface area contributed by atoms with E-state index in [2.05, 4.69) is 51.6 Å². The molecule has 6 heteroatoms. The van der Waals surface area contributed by atoms with Gasteiger partial charge in [-0.15, -0.1) is 0 Å². The van der Waals surface area contributed by atoms with Crippen LogP contribution in [0.4, 0.5) is 0 Å². The first-order valence-electron chi connectivity index (χ1n) is 10.4. The van der Waals surface area contributed by atoms with Crippen LogP contribution in [0.3, 0.4) is 0 Å². The topological polar surface area (TPSA) is 48.7 Å². The van der Waals surface area contributed by atoms with Crippen molar-refractivity contribution in [1.29, 1.82) is 0 Å². The number of imidazole rings is 1. The van der Waals surface area contributed by atoms with Gasteiger partial charge in [-0.25, -0.2) is 4.98 Å². The lowest BCUT2D eigenvalue weighted by Crippen LogP contribution is -2.49. The minimum Gasteiger partial charge on any atom is -0.357 e. The summed E-state index contributed by atoms with van der Waals surface area (Å²) < 4.78 is 2.26. The summed E-state index contributed by atoms with van der Waals surface area (Å²) in [6.07, 6.45) is 9.66. The fourth-order valence-corrected chi connectivity index (χ4v) is 4.32. The van der Waals surface area contributed by atoms with Crippen LogP contribution in [-0.2, 0) is 0 Å². The molecule has 146 valence electrons. The van der Waals surface area contributed by atoms with Crippen molar-refractivity contribution in [3.63, 3.8) is 0 Å². The van der Waals surface area contributed by atoms with Gasteiger partial charge in [0, 0.05) is 45.1 Å². The lowest BCUT2D eigenvalue weighted by Gasteiger charge is -2.39. The predicted molar refractivity (Wildman–Crippen MR) is 107 cm³/mol. The number of nitrogens with one attached hydrogen (secondary N) is 1. The van der Waals surface area contributed by atoms with Crippen LogP contribution >= 0.6 is 0 Å². The molecule has 2 aliphatic rings. The van der Waals surface area contributed by atoms with Crippen molar-refractivity contribution in [1.82, 2.24) is 24.7 Å². The smallest absolute Gasteiger partial charge is 0.193 e. The van der Waals surface area contributed by atoms with Crippen molar-refractivity contribution < 1.29 is 0 Å². The van der Waals surface area contributed by atoms with E-state index in [1.165, 1.54) is 38.9 Å². The molecule has 3 unspecified atom stereocenters. The van der Waals surface area contributed by atoms with E-state index < -0.39 is 0 Å². The van der Waals surface area contributed by atoms with Gasteiger partial charge < -0.3 is 19.7 Å². The van der Waals surface area contributed by atoms with Gasteiger partial charge in [0.15, 0.2) is 5.96 Å². The molecular weight excluding hydrogens is 324 g/mol. The summed E-state index contributed by atoms with van der Waals surface area (Å²) >= 11 is 0. The van der Waals surface area contributed by atoms with E-state index in [-0.39, 0.29) is 0 Å². The molecule has 2 aliphatic heterocycles. The Labute approximate surface area is 158 Å². The van der Waals surface area contributed by atoms with E-state index >= 15 is 0 Å². The number of likely N-dealkylation sites (tertiary alicyclic amines) is 2. The fourth-order valence-electron chi connectivity index (χ4n) is 4.32. The van der Waals surface area contributed by atoms with Gasteiger partial charge >= 0.3 is 0 Å². The summed E-state index contributed by atoms with van der Waals surface area (Å²) in [7, 11) is 0. The number of piperidine rings is 1. The zero-order chi connectivity index (χ0) is 18.4. The Morgan fingerprint density at radius 2 is 2.12 bits per heavy atom. The van der Waals surface area contributed by atoms with Crippen molar-refractivity contribution >= 4 is 5.96 Å². The Morgan fingerprint density at radius 3 is 2.85 bits per heavy atom. The first kappa shape index (κ1) is 19.2. The van der Waals surface area contributed by atoms with Crippen LogP contribution in [0.2, 0.25) is 0 Å². The Hall–Kier alpha value is -1.56. The van der Waals surface area contributed by atoms with Gasteiger partial charge in [0.2, 0.25) is 0 Å². The number of hydrogen-bond donors (Lipinski definition) is 1. The first-order valence-corrected chi connectivity index (χ1v) is 10.4. The Morgan fingerprint density at radius 1 is 1.23 bits per heavy atom. The van der Waals surface area contributed by atoms with E-state index in [4.69, 9.17) is 4.99 Å². The number of nitrogens with zero attached hydrogens (tertiary/aromatic N) is 5. The number of guanidine groups is 1. The van der Waals surface area contributed by atoms with Crippen molar-refractivity contribution in [3.8, 4) is 0 Å². The van der Waals surface area contributed by atoms with Gasteiger partial charge in [-0.3, -0.25) is 4.99 Å². The van der Waals surface area contributed by atoms with Crippen LogP contribution in [-0.4, -0.2) is 71.1 Å². The summed E-state index contributed by atoms with van der Waals surface area (Å²) in [6, 6.07) is 0.474. The van der Waals surface area contributed by atoms with Gasteiger partial charge in [0.1, 0.15) is 0 Å². The lowest BCUT2D eigenvalue weighted by molar-refractivity contribution is 0.189. The number of aliphatic imine (C=N–C) groups is 1. The second kappa shape index (κ2) is 9.40. The Balaban J connectivity index is 1.61. The second-order valence-electron chi connectivity index (χ2n) is 7.94. The molecule has 1 N–H and O–H groups in total. The van der Waals surface area contributed by atoms with E-state index in [1.54, 1.807) is 0 Å². The Kier molecular flexibility index (Phi) is 6.94. The number of aromatic nitrogens is 2. The normalized spacial score (nSPS) is 27.9. The van der Waals surface area contributed by atoms with Crippen LogP contribution in [0.15, 0.2) is 23.7 Å². The molecule has 1 aromatic rings. The predicted octanol–water partition coefficient (Wildman–Crippen LogP) is 2.46. The number of rotatable bonds is 6. The van der Waals surface area contributed by atoms with Crippen molar-refractivity contribution in [2.75, 3.05) is 45.8 Å². The standard InChI is InChI=1S/C20H36N6/c1-4-9-24-10-7-18(14-24)13-23-20(22-5-2)25-11-6-17(3)19(15-25)26-12-8-21-16-26/h8,12,16-19H,4-7,9-11,13-15H2,1-3H3,(H,22,23). The molecule has 26 heavy (non-hydrogen) atoms. The minimum atomic E-state index is 0.474. The summed E-state index contributed by atoms with van der Waals surface area (Å²) in [5.74, 6) is 2.47. The molecule has 2 fully saturated rings. The highest BCUT2D eigenvalue weighted by atomic mass is 15.3. The molecule has 0 aromatic carbocycles. The molecule has 3 rings (SSSR count). The molecule has 3 heterocycles. The van der Waals surface area contributed by atoms with Crippen LogP contribution in [0, 0.1) is 11.8 Å². The molecule has 0 aliphatic carbocycles. The average molecular weight is 361 g/mol. The third kappa shape index (κ3) is 4.78. The summed E-state index contributed by atoms with van der Waals surface area (Å²) in [5, 5.41) is 3.53. The van der Waals surface area contributed by atoms with Crippen LogP contribution in [0.25, 0.3) is 0 Å². The highest BCUT2D eigenvalue weighted by Gasteiger charge is 2.29. The molecule has 0 spiro atoms. The summed E-state index contributed by atoms with van der Waals surface area (Å²) in [4.78, 5) is 14.3. The highest BCUT2D eigenvalue weighted by Crippen LogP contribution is 2.27. The molecule has 0 saturated carbocycles. The van der Waals surface area contributed by atoms with Gasteiger partial charge in [-0.1, -0.05) is 13.8 Å². The monoisotopic (exact) mass is 360 g/mol. The van der Waals surface area contributed by atoms with Gasteiger partial charge in [-0.05, 0) is 51.1 Å². The van der Waals surface area contributed by atoms with E-state index in [0.29, 0.717) is 17.9 Å². The fraction of sp³-hybridized carbons (Fsp3) is 0.800. The van der Waals surface area contributed by atoms with Crippen LogP contribution in [0.5, 0.6) is 0 Å². The third-order valence-electron chi connectivity index (χ3n) is 5.87. The van der Waals surface area contributed by atoms with E-state index in [9.17, 15) is 0 Å². The Bertz CT molecular complexity index is 555. The van der Waals surface area contributed by atoms with Crippen molar-refractivity contribution in [2.24, 2.45) is 16.8 Å². The van der Waals surface area contributed by atoms with Gasteiger partial charge in [0.25, 0.3) is 0 Å². The minimum absolute atomic E-state index is 0.474. The number of hydrogen-bond acceptors (Lipinski definition) is 3. The molecule has 3 atom stereocenters. The SMILES string of the molecule is CCCN1CCC(CN=C(NCC)N2CCC(C)C(n3ccnc3)C2)C1. The molecule has 0 radical (unpaired) electrons. The maximum absolute atomic E-state index is 5.03. The van der Waals surface area contributed by atoms with Crippen molar-refractivity contribution in [2.45, 2.75) is 46.1 Å². The lowest BCUT2D eigenvalue weighted by atomic mass is 9.93. The zero-order valence-corrected chi connectivity index (χ0v) is 16.8. The largest absolute Gasteiger partial charge is 0.357 e. The maximum atomic E-state index is 5.03. The van der Waals surface area contributed by atoms with E-state index in [0.717, 1.165) is 32.1 Å². The molecular formula is C20H36N6. The quantitative estimate of drug-likeness (QED) is 0.625. The zero-order valence-electron chi connectivity index (χ0n) is 16.8. The molecule has 2 saturated heterocycles. The van der Waals surface area contributed by atoms with E-state index in [1.807, 2.05) is 12.5 Å². The second-order valence-corrected chi connectivity index (χ2v) is 7.94. The van der Waals surface area contributed by atoms with Crippen LogP contribution in [0.1, 0.15) is 46.1 Å². The van der Waals surface area contributed by atoms with Gasteiger partial charge in [0.05, 0.1) is 12.4 Å². The van der Waals surface area contributed by atoms with Crippen LogP contribution < -0.4 is 5.32 Å². The highest BCUT2D eigenvalue weighted by molar-refractivity contribution is 5.80. The summed E-state index contributed by atoms with van der Waals surface area (Å²) in [5.41, 5.74) is 0. The van der Waals surface area contributed by atoms with Crippen molar-refractivity contribution in [3.05, 3.63) is 18.7 Å². The third-order valence-corrected chi connectivity index (χ3v) is 5.87.